The Morgan fingerprint density at radius 1 is 0.709 bits per heavy atom. The number of nitrogens with two attached hydrogens (primary N) is 1. The van der Waals surface area contributed by atoms with Gasteiger partial charge in [0, 0.05) is 55.1 Å². The fraction of sp³-hybridized carbons (Fsp3) is 0.300. The second-order valence-corrected chi connectivity index (χ2v) is 12.3. The Morgan fingerprint density at radius 3 is 1.78 bits per heavy atom. The minimum absolute atomic E-state index is 0.0395. The molecule has 5 aromatic rings. The van der Waals surface area contributed by atoms with Crippen LogP contribution in [0.3, 0.4) is 0 Å². The van der Waals surface area contributed by atoms with Crippen LogP contribution >= 0.6 is 0 Å². The van der Waals surface area contributed by atoms with E-state index < -0.39 is 29.0 Å². The third-order valence-corrected chi connectivity index (χ3v) is 8.47. The lowest BCUT2D eigenvalue weighted by molar-refractivity contribution is -0.143. The van der Waals surface area contributed by atoms with Crippen LogP contribution in [-0.2, 0) is 28.4 Å². The van der Waals surface area contributed by atoms with Crippen LogP contribution in [0.5, 0.6) is 11.5 Å². The van der Waals surface area contributed by atoms with E-state index in [1.165, 1.54) is 14.2 Å². The van der Waals surface area contributed by atoms with Gasteiger partial charge in [-0.15, -0.1) is 0 Å². The summed E-state index contributed by atoms with van der Waals surface area (Å²) in [6.07, 6.45) is -9.47. The Balaban J connectivity index is 1.55. The van der Waals surface area contributed by atoms with Crippen molar-refractivity contribution in [3.8, 4) is 45.4 Å². The molecule has 0 saturated heterocycles. The molecule has 0 atom stereocenters. The molecule has 0 radical (unpaired) electrons. The number of amides is 1. The van der Waals surface area contributed by atoms with Crippen LogP contribution in [0.1, 0.15) is 33.5 Å². The lowest BCUT2D eigenvalue weighted by Crippen LogP contribution is -2.27. The van der Waals surface area contributed by atoms with Gasteiger partial charge in [0.05, 0.1) is 49.9 Å². The van der Waals surface area contributed by atoms with Crippen LogP contribution in [0, 0.1) is 0 Å². The van der Waals surface area contributed by atoms with Crippen molar-refractivity contribution < 1.29 is 50.1 Å². The molecule has 0 aliphatic rings. The van der Waals surface area contributed by atoms with Crippen LogP contribution in [0.2, 0.25) is 0 Å². The molecule has 0 bridgehead atoms. The molecule has 3 N–H and O–H groups in total. The van der Waals surface area contributed by atoms with Crippen LogP contribution in [0.15, 0.2) is 91.0 Å². The highest BCUT2D eigenvalue weighted by molar-refractivity contribution is 5.94. The van der Waals surface area contributed by atoms with Gasteiger partial charge in [-0.2, -0.15) is 26.3 Å². The number of ether oxygens (including phenoxy) is 4. The van der Waals surface area contributed by atoms with Gasteiger partial charge in [0.2, 0.25) is 0 Å². The van der Waals surface area contributed by atoms with E-state index in [4.69, 9.17) is 29.7 Å². The van der Waals surface area contributed by atoms with E-state index in [9.17, 15) is 31.1 Å². The van der Waals surface area contributed by atoms with Crippen LogP contribution in [-0.4, -0.2) is 69.2 Å². The predicted molar refractivity (Wildman–Crippen MR) is 195 cm³/mol. The first-order valence-electron chi connectivity index (χ1n) is 17.2. The maximum Gasteiger partial charge on any atom is 0.416 e. The van der Waals surface area contributed by atoms with E-state index in [-0.39, 0.29) is 30.9 Å². The maximum atomic E-state index is 14.1. The molecule has 5 rings (SSSR count). The number of nitrogens with one attached hydrogen (secondary N) is 1. The van der Waals surface area contributed by atoms with Crippen molar-refractivity contribution in [1.29, 1.82) is 0 Å². The Bertz CT molecular complexity index is 1980. The largest absolute Gasteiger partial charge is 0.497 e. The summed E-state index contributed by atoms with van der Waals surface area (Å²) < 4.78 is 107. The van der Waals surface area contributed by atoms with Gasteiger partial charge in [-0.1, -0.05) is 12.1 Å². The smallest absolute Gasteiger partial charge is 0.416 e. The van der Waals surface area contributed by atoms with Crippen LogP contribution in [0.25, 0.3) is 33.9 Å². The number of carbonyl (C=O) groups excluding carboxylic acids is 1. The van der Waals surface area contributed by atoms with Crippen molar-refractivity contribution in [3.63, 3.8) is 0 Å². The summed E-state index contributed by atoms with van der Waals surface area (Å²) in [5.41, 5.74) is 4.80. The van der Waals surface area contributed by atoms with Crippen LogP contribution < -0.4 is 20.5 Å². The summed E-state index contributed by atoms with van der Waals surface area (Å²) in [6.45, 7) is 2.42. The van der Waals surface area contributed by atoms with Crippen molar-refractivity contribution >= 4 is 5.91 Å². The number of halogens is 6. The van der Waals surface area contributed by atoms with Gasteiger partial charge >= 0.3 is 12.4 Å². The molecule has 1 heterocycles. The molecule has 0 saturated carbocycles. The Kier molecular flexibility index (Phi) is 13.6. The quantitative estimate of drug-likeness (QED) is 0.0727. The number of hydrogen-bond acceptors (Lipinski definition) is 7. The first-order chi connectivity index (χ1) is 26.3. The molecule has 1 amide bonds. The molecule has 4 aromatic carbocycles. The zero-order valence-electron chi connectivity index (χ0n) is 30.1. The van der Waals surface area contributed by atoms with Gasteiger partial charge < -0.3 is 34.6 Å². The SMILES string of the molecule is COc1ccc(-c2nc(-c3cc(C(F)(F)F)cc(C(F)(F)F)c3)n(Cc3ccc(C(=O)NCCOCCCOCCN)cc3)c2-c2ccc(OC)cc2)cc1. The molecular weight excluding hydrogens is 730 g/mol. The Morgan fingerprint density at radius 2 is 1.25 bits per heavy atom. The summed E-state index contributed by atoms with van der Waals surface area (Å²) in [4.78, 5) is 17.6. The summed E-state index contributed by atoms with van der Waals surface area (Å²) in [7, 11) is 2.98. The van der Waals surface area contributed by atoms with Gasteiger partial charge in [0.25, 0.3) is 5.91 Å². The van der Waals surface area contributed by atoms with E-state index in [1.807, 2.05) is 0 Å². The first kappa shape index (κ1) is 40.8. The standard InChI is InChI=1S/C40H40F6N4O5/c1-52-33-12-8-27(9-13-33)35-36(28-10-14-34(53-2)15-11-28)50(37(49-35)30-22-31(39(41,42)43)24-32(23-30)40(44,45)46)25-26-4-6-29(7-5-26)38(51)48-17-21-55-19-3-18-54-20-16-47/h4-15,22-24H,3,16-21,25,47H2,1-2H3,(H,48,51). The van der Waals surface area contributed by atoms with Crippen molar-refractivity contribution in [1.82, 2.24) is 14.9 Å². The minimum Gasteiger partial charge on any atom is -0.497 e. The van der Waals surface area contributed by atoms with E-state index in [1.54, 1.807) is 77.4 Å². The summed E-state index contributed by atoms with van der Waals surface area (Å²) in [5, 5.41) is 2.78. The molecule has 0 aliphatic heterocycles. The number of rotatable bonds is 17. The van der Waals surface area contributed by atoms with Gasteiger partial charge in [-0.25, -0.2) is 4.98 Å². The van der Waals surface area contributed by atoms with E-state index in [0.29, 0.717) is 96.7 Å². The number of carbonyl (C=O) groups is 1. The predicted octanol–water partition coefficient (Wildman–Crippen LogP) is 8.10. The average Bonchev–Trinajstić information content (AvgIpc) is 3.55. The number of alkyl halides is 6. The summed E-state index contributed by atoms with van der Waals surface area (Å²) in [5.74, 6) is 0.570. The lowest BCUT2D eigenvalue weighted by Gasteiger charge is -2.17. The topological polar surface area (TPSA) is 110 Å². The number of methoxy groups -OCH3 is 2. The Hall–Kier alpha value is -5.38. The van der Waals surface area contributed by atoms with Crippen molar-refractivity contribution in [2.75, 3.05) is 53.7 Å². The van der Waals surface area contributed by atoms with Crippen molar-refractivity contribution in [2.45, 2.75) is 25.3 Å². The van der Waals surface area contributed by atoms with E-state index in [0.717, 1.165) is 0 Å². The highest BCUT2D eigenvalue weighted by atomic mass is 19.4. The molecule has 0 aliphatic carbocycles. The molecular formula is C40H40F6N4O5. The van der Waals surface area contributed by atoms with E-state index >= 15 is 0 Å². The fourth-order valence-electron chi connectivity index (χ4n) is 5.74. The second-order valence-electron chi connectivity index (χ2n) is 12.3. The number of imidazole rings is 1. The van der Waals surface area contributed by atoms with Gasteiger partial charge in [-0.3, -0.25) is 4.79 Å². The maximum absolute atomic E-state index is 14.1. The van der Waals surface area contributed by atoms with Crippen molar-refractivity contribution in [3.05, 3.63) is 113 Å². The number of hydrogen-bond donors (Lipinski definition) is 2. The Labute approximate surface area is 314 Å². The zero-order chi connectivity index (χ0) is 39.6. The van der Waals surface area contributed by atoms with Crippen LogP contribution in [0.4, 0.5) is 26.3 Å². The van der Waals surface area contributed by atoms with E-state index in [2.05, 4.69) is 5.32 Å². The minimum atomic E-state index is -5.08. The molecule has 55 heavy (non-hydrogen) atoms. The first-order valence-corrected chi connectivity index (χ1v) is 17.2. The summed E-state index contributed by atoms with van der Waals surface area (Å²) >= 11 is 0. The number of benzene rings is 4. The zero-order valence-corrected chi connectivity index (χ0v) is 30.1. The van der Waals surface area contributed by atoms with Gasteiger partial charge in [-0.05, 0) is 90.8 Å². The number of aromatic nitrogens is 2. The third-order valence-electron chi connectivity index (χ3n) is 8.47. The number of nitrogens with zero attached hydrogens (tertiary/aromatic N) is 2. The second kappa shape index (κ2) is 18.3. The molecule has 0 fully saturated rings. The highest BCUT2D eigenvalue weighted by Crippen LogP contribution is 2.42. The third kappa shape index (κ3) is 10.6. The monoisotopic (exact) mass is 770 g/mol. The molecule has 9 nitrogen and oxygen atoms in total. The molecule has 0 unspecified atom stereocenters. The normalized spacial score (nSPS) is 11.8. The molecule has 292 valence electrons. The van der Waals surface area contributed by atoms with Gasteiger partial charge in [0.1, 0.15) is 17.3 Å². The summed E-state index contributed by atoms with van der Waals surface area (Å²) in [6, 6.07) is 21.5. The molecule has 1 aromatic heterocycles. The van der Waals surface area contributed by atoms with Crippen molar-refractivity contribution in [2.24, 2.45) is 5.73 Å². The molecule has 0 spiro atoms. The lowest BCUT2D eigenvalue weighted by atomic mass is 10.0. The fourth-order valence-corrected chi connectivity index (χ4v) is 5.74. The highest BCUT2D eigenvalue weighted by Gasteiger charge is 2.38. The van der Waals surface area contributed by atoms with Gasteiger partial charge in [0.15, 0.2) is 0 Å². The average molecular weight is 771 g/mol. The molecule has 15 heteroatoms.